The van der Waals surface area contributed by atoms with Gasteiger partial charge in [0.05, 0.1) is 61.1 Å². The van der Waals surface area contributed by atoms with Gasteiger partial charge in [-0.15, -0.1) is 0 Å². The van der Waals surface area contributed by atoms with E-state index in [9.17, 15) is 111 Å². The summed E-state index contributed by atoms with van der Waals surface area (Å²) in [7, 11) is 1.64. The van der Waals surface area contributed by atoms with Crippen LogP contribution in [0.2, 0.25) is 0 Å². The van der Waals surface area contributed by atoms with Crippen molar-refractivity contribution in [2.45, 2.75) is 60.2 Å². The minimum Gasteiger partial charge on any atom is -0.548 e. The molecule has 108 heavy (non-hydrogen) atoms. The maximum absolute atomic E-state index is 14.5. The number of carbonyl (C=O) groups excluding carboxylic acids is 6. The van der Waals surface area contributed by atoms with Crippen molar-refractivity contribution >= 4 is 103 Å². The van der Waals surface area contributed by atoms with Crippen LogP contribution in [0, 0.1) is 39.3 Å². The van der Waals surface area contributed by atoms with Crippen molar-refractivity contribution in [3.05, 3.63) is 156 Å². The number of fused-ring (bicyclic) bond motifs is 5. The lowest BCUT2D eigenvalue weighted by atomic mass is 9.92. The number of carboxylic acid groups (broad SMARTS) is 4. The maximum atomic E-state index is 14.5. The number of ether oxygens (including phenoxy) is 1. The first-order chi connectivity index (χ1) is 50.6. The third-order valence-corrected chi connectivity index (χ3v) is 15.8. The van der Waals surface area contributed by atoms with E-state index in [1.807, 2.05) is 0 Å². The number of phenolic OH excluding ortho intramolecular Hbond substituents is 2. The molecule has 0 saturated heterocycles. The van der Waals surface area contributed by atoms with Gasteiger partial charge in [0.2, 0.25) is 16.4 Å². The summed E-state index contributed by atoms with van der Waals surface area (Å²) >= 11 is 0. The van der Waals surface area contributed by atoms with Crippen LogP contribution in [0.15, 0.2) is 120 Å². The Morgan fingerprint density at radius 1 is 0.630 bits per heavy atom. The molecular formula is C71H68F4N8O25-2. The number of Topliss-reactive ketones (excluding diaryl/α,β-unsaturated/α-hetero) is 3. The molecule has 33 nitrogen and oxygen atoms in total. The topological polar surface area (TPSA) is 519 Å². The second kappa shape index (κ2) is 37.1. The molecule has 4 aliphatic rings. The van der Waals surface area contributed by atoms with E-state index in [1.165, 1.54) is 48.2 Å². The minimum absolute atomic E-state index is 0. The van der Waals surface area contributed by atoms with E-state index in [1.54, 1.807) is 33.0 Å². The number of halogens is 4. The molecule has 2 aliphatic carbocycles. The molecule has 0 fully saturated rings. The summed E-state index contributed by atoms with van der Waals surface area (Å²) < 4.78 is 79.0. The van der Waals surface area contributed by atoms with Crippen LogP contribution in [0.25, 0.3) is 77.9 Å². The highest BCUT2D eigenvalue weighted by molar-refractivity contribution is 6.05. The van der Waals surface area contributed by atoms with Crippen LogP contribution in [0.1, 0.15) is 47.1 Å². The number of non-ortho nitro benzene ring substituents is 1. The highest BCUT2D eigenvalue weighted by atomic mass is 19.1. The van der Waals surface area contributed by atoms with Gasteiger partial charge in [-0.05, 0) is 102 Å². The van der Waals surface area contributed by atoms with Gasteiger partial charge in [0.1, 0.15) is 59.4 Å². The van der Waals surface area contributed by atoms with Crippen molar-refractivity contribution in [3.8, 4) is 62.1 Å². The number of benzene rings is 7. The van der Waals surface area contributed by atoms with Gasteiger partial charge < -0.3 is 94.9 Å². The zero-order valence-corrected chi connectivity index (χ0v) is 56.8. The molecule has 5 aromatic carbocycles. The molecule has 0 saturated carbocycles. The summed E-state index contributed by atoms with van der Waals surface area (Å²) in [5, 5.41) is 114. The van der Waals surface area contributed by atoms with Gasteiger partial charge in [0, 0.05) is 87.9 Å². The SMILES string of the molecule is C.CC(=O)C(CO)NC(=O)COc1cc(-c2c3cc(F)c(=O)cc-3oc3cc(O)c(F)cc23)ccc1N(CC(=O)[O-])CC(=O)[O-].CC(=O)C(CO)Nc1ccc([N+](=O)[O-])c2nonc12.CCC(=O)C(C)CO.CNCc1cc(-c2c3cc(F)c(=O)cc-3oc3cc(O)c(F)cc23)ccc1N(CC(=O)O)CC(=O)O. The summed E-state index contributed by atoms with van der Waals surface area (Å²) in [4.78, 5) is 128. The Hall–Kier alpha value is -13.0. The molecule has 0 bridgehead atoms. The number of ketones is 3. The molecule has 572 valence electrons. The van der Waals surface area contributed by atoms with Crippen LogP contribution in [0.4, 0.5) is 40.3 Å². The molecule has 2 aliphatic heterocycles. The van der Waals surface area contributed by atoms with Crippen LogP contribution in [-0.2, 0) is 44.9 Å². The molecule has 6 aromatic rings. The molecule has 1 aromatic heterocycles. The van der Waals surface area contributed by atoms with Crippen molar-refractivity contribution in [3.63, 3.8) is 0 Å². The number of anilines is 3. The van der Waals surface area contributed by atoms with E-state index in [0.717, 1.165) is 60.4 Å². The number of aromatic hydroxyl groups is 2. The number of aliphatic carboxylic acids is 4. The summed E-state index contributed by atoms with van der Waals surface area (Å²) in [5.74, 6) is -13.7. The summed E-state index contributed by atoms with van der Waals surface area (Å²) in [6.45, 7) is 1.19. The average molecular weight is 1510 g/mol. The summed E-state index contributed by atoms with van der Waals surface area (Å²) in [6.07, 6.45) is 0.529. The number of nitro benzene ring substituents is 1. The Bertz CT molecular complexity index is 5090. The maximum Gasteiger partial charge on any atom is 0.323 e. The first-order valence-corrected chi connectivity index (χ1v) is 31.5. The average Bonchev–Trinajstić information content (AvgIpc) is 0.892. The van der Waals surface area contributed by atoms with Crippen LogP contribution >= 0.6 is 0 Å². The molecule has 10 rings (SSSR count). The van der Waals surface area contributed by atoms with Gasteiger partial charge in [-0.1, -0.05) is 33.4 Å². The van der Waals surface area contributed by atoms with E-state index in [2.05, 4.69) is 30.9 Å². The molecule has 0 spiro atoms. The number of hydrogen-bond acceptors (Lipinski definition) is 29. The number of amides is 1. The Labute approximate surface area is 606 Å². The number of phenols is 2. The van der Waals surface area contributed by atoms with Gasteiger partial charge >= 0.3 is 17.6 Å². The van der Waals surface area contributed by atoms with Crippen molar-refractivity contribution in [2.75, 3.05) is 74.8 Å². The van der Waals surface area contributed by atoms with Crippen molar-refractivity contribution in [2.24, 2.45) is 5.92 Å². The van der Waals surface area contributed by atoms with E-state index in [0.29, 0.717) is 34.5 Å². The number of rotatable bonds is 28. The Kier molecular flexibility index (Phi) is 28.8. The number of nitrogens with zero attached hydrogens (tertiary/aromatic N) is 5. The fourth-order valence-electron chi connectivity index (χ4n) is 10.6. The smallest absolute Gasteiger partial charge is 0.323 e. The van der Waals surface area contributed by atoms with Crippen molar-refractivity contribution in [1.29, 1.82) is 0 Å². The molecule has 3 heterocycles. The number of carboxylic acids is 4. The Morgan fingerprint density at radius 3 is 1.55 bits per heavy atom. The molecular weight excluding hydrogens is 1440 g/mol. The number of nitrogens with one attached hydrogen (secondary N) is 3. The van der Waals surface area contributed by atoms with Crippen LogP contribution < -0.4 is 51.6 Å². The van der Waals surface area contributed by atoms with Gasteiger partial charge in [0.25, 0.3) is 5.91 Å². The lowest BCUT2D eigenvalue weighted by Gasteiger charge is -2.28. The summed E-state index contributed by atoms with van der Waals surface area (Å²) in [5.41, 5.74) is -0.0778. The minimum atomic E-state index is -1.67. The number of carbonyl (C=O) groups is 8. The molecule has 10 N–H and O–H groups in total. The second-order valence-corrected chi connectivity index (χ2v) is 23.4. The first-order valence-electron chi connectivity index (χ1n) is 31.5. The fourth-order valence-corrected chi connectivity index (χ4v) is 10.6. The molecule has 3 unspecified atom stereocenters. The van der Waals surface area contributed by atoms with Crippen molar-refractivity contribution in [1.82, 2.24) is 20.9 Å². The quantitative estimate of drug-likeness (QED) is 0.0142. The normalized spacial score (nSPS) is 11.7. The zero-order valence-electron chi connectivity index (χ0n) is 56.8. The number of aliphatic hydroxyl groups is 3. The number of hydrogen-bond donors (Lipinski definition) is 10. The lowest BCUT2D eigenvalue weighted by Crippen LogP contribution is -2.45. The molecule has 3 atom stereocenters. The highest BCUT2D eigenvalue weighted by Crippen LogP contribution is 2.46. The van der Waals surface area contributed by atoms with E-state index < -0.39 is 144 Å². The Balaban J connectivity index is 0.000000254. The standard InChI is InChI=1S/C29H24F2N2O11.C25H20F2N2O7.C10H10N4O5.C6H12O2.CH4/c1-13(35)19(11-34)32-26(38)12-43-25-4-14(2-3-20(25)33(9-27(39)40)10-28(41)42)29-15-5-17(30)21(36)7-23(15)44-24-8-22(37)18(31)6-16(24)29;1-28-9-13-4-12(2-3-18(13)29(10-23(32)33)11-24(34)35)25-14-5-16(26)19(30)7-21(14)36-22-8-20(31)17(27)6-15(22)25;1-5(16)7(4-15)11-6-2-3-8(14(17)18)10-9(6)12-19-13-10;1-3-6(8)5(2)4-7;/h2-8,19,34,36H,9-12H2,1H3,(H,32,38)(H,39,40)(H,41,42);2-8,28,30H,9-11H2,1H3,(H,32,33)(H,34,35);2-3,7,11,15H,4H2,1H3;5,7H,3-4H2,1-2H3;1H4/p-2. The number of aliphatic hydroxyl groups excluding tert-OH is 3. The van der Waals surface area contributed by atoms with E-state index in [4.69, 9.17) is 23.8 Å². The number of nitro groups is 1. The van der Waals surface area contributed by atoms with Gasteiger partial charge in [0.15, 0.2) is 58.5 Å². The first kappa shape index (κ1) is 83.9. The van der Waals surface area contributed by atoms with E-state index in [-0.39, 0.29) is 122 Å². The third kappa shape index (κ3) is 20.5. The van der Waals surface area contributed by atoms with Crippen LogP contribution in [0.3, 0.4) is 0 Å². The van der Waals surface area contributed by atoms with Gasteiger partial charge in [-0.3, -0.25) is 48.5 Å². The lowest BCUT2D eigenvalue weighted by molar-refractivity contribution is -0.383. The van der Waals surface area contributed by atoms with Gasteiger partial charge in [-0.25, -0.2) is 22.2 Å². The predicted molar refractivity (Wildman–Crippen MR) is 372 cm³/mol. The van der Waals surface area contributed by atoms with E-state index >= 15 is 0 Å². The predicted octanol–water partition coefficient (Wildman–Crippen LogP) is 4.27. The monoisotopic (exact) mass is 1510 g/mol. The number of aromatic nitrogens is 2. The highest BCUT2D eigenvalue weighted by Gasteiger charge is 2.28. The second-order valence-electron chi connectivity index (χ2n) is 23.4. The van der Waals surface area contributed by atoms with Gasteiger partial charge in [-0.2, -0.15) is 0 Å². The van der Waals surface area contributed by atoms with Crippen molar-refractivity contribution < 1.29 is 125 Å². The molecule has 37 heteroatoms. The van der Waals surface area contributed by atoms with Crippen LogP contribution in [0.5, 0.6) is 17.2 Å². The largest absolute Gasteiger partial charge is 0.548 e. The molecule has 1 amide bonds. The fraction of sp³-hybridized carbons (Fsp3) is 0.268. The van der Waals surface area contributed by atoms with Crippen LogP contribution in [-0.4, -0.2) is 170 Å². The molecule has 0 radical (unpaired) electrons. The Morgan fingerprint density at radius 2 is 1.11 bits per heavy atom. The zero-order chi connectivity index (χ0) is 79.0. The third-order valence-electron chi connectivity index (χ3n) is 15.8. The summed E-state index contributed by atoms with van der Waals surface area (Å²) in [6, 6.07) is 16.5.